The van der Waals surface area contributed by atoms with Crippen molar-refractivity contribution in [2.75, 3.05) is 0 Å². The average Bonchev–Trinajstić information content (AvgIpc) is 2.29. The Morgan fingerprint density at radius 1 is 0.941 bits per heavy atom. The molecule has 0 radical (unpaired) electrons. The molecule has 1 heterocycles. The molecule has 2 rings (SSSR count). The summed E-state index contributed by atoms with van der Waals surface area (Å²) in [5.41, 5.74) is 0.974. The van der Waals surface area contributed by atoms with E-state index < -0.39 is 10.2 Å². The van der Waals surface area contributed by atoms with Crippen LogP contribution in [0.3, 0.4) is 0 Å². The Balaban J connectivity index is 2.41. The number of nitrogens with zero attached hydrogens (tertiary/aromatic N) is 1. The van der Waals surface area contributed by atoms with Gasteiger partial charge in [-0.15, -0.1) is 0 Å². The number of aromatic nitrogens is 1. The van der Waals surface area contributed by atoms with E-state index in [1.165, 1.54) is 18.3 Å². The van der Waals surface area contributed by atoms with E-state index in [0.717, 1.165) is 0 Å². The standard InChI is InChI=1S/C11H8ClNO4/c14-12(15,16)17-10-7-4-8-13-11(10)9-5-2-1-3-6-9/h1-8H. The molecular weight excluding hydrogens is 246 g/mol. The SMILES string of the molecule is [O-][Cl+3]([O-])([O-])Oc1cccnc1-c1ccccc1. The summed E-state index contributed by atoms with van der Waals surface area (Å²) in [7, 11) is -4.52. The van der Waals surface area contributed by atoms with E-state index in [4.69, 9.17) is 0 Å². The second kappa shape index (κ2) is 4.68. The molecular formula is C11H8ClNO4. The number of hydrogen-bond acceptors (Lipinski definition) is 5. The lowest BCUT2D eigenvalue weighted by molar-refractivity contribution is -1.91. The first-order valence-corrected chi connectivity index (χ1v) is 5.90. The molecule has 0 unspecified atom stereocenters. The van der Waals surface area contributed by atoms with Gasteiger partial charge in [0.05, 0.1) is 0 Å². The minimum absolute atomic E-state index is 0.0876. The van der Waals surface area contributed by atoms with Crippen molar-refractivity contribution in [3.8, 4) is 17.0 Å². The van der Waals surface area contributed by atoms with E-state index in [1.54, 1.807) is 24.3 Å². The molecule has 0 atom stereocenters. The van der Waals surface area contributed by atoms with Crippen molar-refractivity contribution in [2.24, 2.45) is 0 Å². The lowest BCUT2D eigenvalue weighted by atomic mass is 10.1. The van der Waals surface area contributed by atoms with Crippen molar-refractivity contribution in [3.63, 3.8) is 0 Å². The van der Waals surface area contributed by atoms with Crippen molar-refractivity contribution in [2.45, 2.75) is 0 Å². The van der Waals surface area contributed by atoms with E-state index in [9.17, 15) is 14.0 Å². The number of halogens is 1. The number of rotatable bonds is 3. The van der Waals surface area contributed by atoms with Crippen molar-refractivity contribution < 1.29 is 28.5 Å². The monoisotopic (exact) mass is 253 g/mol. The van der Waals surface area contributed by atoms with Crippen LogP contribution in [0.1, 0.15) is 0 Å². The second-order valence-electron chi connectivity index (χ2n) is 3.17. The Kier molecular flexibility index (Phi) is 3.26. The maximum Gasteiger partial charge on any atom is 0.314 e. The maximum atomic E-state index is 10.6. The average molecular weight is 254 g/mol. The molecule has 6 heteroatoms. The van der Waals surface area contributed by atoms with E-state index in [-0.39, 0.29) is 5.75 Å². The summed E-state index contributed by atoms with van der Waals surface area (Å²) < 4.78 is 36.0. The molecule has 0 bridgehead atoms. The third-order valence-corrected chi connectivity index (χ3v) is 2.35. The predicted octanol–water partition coefficient (Wildman–Crippen LogP) is -0.975. The minimum Gasteiger partial charge on any atom is -0.252 e. The molecule has 5 nitrogen and oxygen atoms in total. The van der Waals surface area contributed by atoms with Crippen LogP contribution in [0.2, 0.25) is 0 Å². The first-order chi connectivity index (χ1) is 8.06. The van der Waals surface area contributed by atoms with Gasteiger partial charge in [0.15, 0.2) is 0 Å². The normalized spacial score (nSPS) is 11.2. The Morgan fingerprint density at radius 3 is 2.29 bits per heavy atom. The third kappa shape index (κ3) is 3.15. The fourth-order valence-electron chi connectivity index (χ4n) is 1.37. The van der Waals surface area contributed by atoms with Crippen LogP contribution < -0.4 is 18.3 Å². The molecule has 0 aliphatic heterocycles. The van der Waals surface area contributed by atoms with E-state index in [2.05, 4.69) is 9.27 Å². The largest absolute Gasteiger partial charge is 0.314 e. The van der Waals surface area contributed by atoms with Gasteiger partial charge in [-0.2, -0.15) is 14.0 Å². The number of benzene rings is 1. The highest BCUT2D eigenvalue weighted by atomic mass is 35.7. The first kappa shape index (κ1) is 11.8. The number of pyridine rings is 1. The topological polar surface area (TPSA) is 91.3 Å². The molecule has 17 heavy (non-hydrogen) atoms. The Hall–Kier alpha value is -1.66. The smallest absolute Gasteiger partial charge is 0.252 e. The molecule has 0 saturated heterocycles. The van der Waals surface area contributed by atoms with Crippen molar-refractivity contribution in [1.29, 1.82) is 0 Å². The molecule has 1 aromatic carbocycles. The summed E-state index contributed by atoms with van der Waals surface area (Å²) in [6, 6.07) is 11.7. The van der Waals surface area contributed by atoms with Crippen LogP contribution in [0, 0.1) is 10.2 Å². The quantitative estimate of drug-likeness (QED) is 0.701. The van der Waals surface area contributed by atoms with Crippen LogP contribution in [0.25, 0.3) is 11.3 Å². The molecule has 2 aromatic rings. The molecule has 0 fully saturated rings. The molecule has 0 N–H and O–H groups in total. The van der Waals surface area contributed by atoms with Crippen LogP contribution in [0.5, 0.6) is 5.75 Å². The highest BCUT2D eigenvalue weighted by molar-refractivity contribution is 5.65. The molecule has 1 aromatic heterocycles. The zero-order chi connectivity index (χ0) is 12.3. The summed E-state index contributed by atoms with van der Waals surface area (Å²) in [5.74, 6) is -0.0876. The van der Waals surface area contributed by atoms with Gasteiger partial charge in [0.1, 0.15) is 15.9 Å². The van der Waals surface area contributed by atoms with Gasteiger partial charge in [0.2, 0.25) is 0 Å². The van der Waals surface area contributed by atoms with Gasteiger partial charge in [-0.3, -0.25) is 4.98 Å². The van der Waals surface area contributed by atoms with Crippen LogP contribution in [0.15, 0.2) is 48.7 Å². The summed E-state index contributed by atoms with van der Waals surface area (Å²) >= 11 is 0. The van der Waals surface area contributed by atoms with Crippen molar-refractivity contribution >= 4 is 0 Å². The van der Waals surface area contributed by atoms with Crippen LogP contribution in [-0.4, -0.2) is 4.98 Å². The number of hydrogen-bond donors (Lipinski definition) is 0. The molecule has 0 aliphatic rings. The van der Waals surface area contributed by atoms with Gasteiger partial charge < -0.3 is 0 Å². The van der Waals surface area contributed by atoms with Gasteiger partial charge >= 0.3 is 5.75 Å². The summed E-state index contributed by atoms with van der Waals surface area (Å²) in [4.78, 5) is 4.00. The molecule has 0 aliphatic carbocycles. The van der Waals surface area contributed by atoms with Crippen molar-refractivity contribution in [1.82, 2.24) is 4.98 Å². The molecule has 88 valence electrons. The highest BCUT2D eigenvalue weighted by Gasteiger charge is 2.23. The lowest BCUT2D eigenvalue weighted by Crippen LogP contribution is -2.63. The van der Waals surface area contributed by atoms with Crippen molar-refractivity contribution in [3.05, 3.63) is 48.7 Å². The van der Waals surface area contributed by atoms with Gasteiger partial charge in [0, 0.05) is 17.8 Å². The van der Waals surface area contributed by atoms with Gasteiger partial charge in [0.25, 0.3) is 0 Å². The molecule has 0 saturated carbocycles. The first-order valence-electron chi connectivity index (χ1n) is 4.67. The van der Waals surface area contributed by atoms with Crippen LogP contribution >= 0.6 is 0 Å². The zero-order valence-electron chi connectivity index (χ0n) is 8.58. The lowest BCUT2D eigenvalue weighted by Gasteiger charge is -2.13. The minimum atomic E-state index is -4.52. The van der Waals surface area contributed by atoms with Gasteiger partial charge in [-0.1, -0.05) is 34.6 Å². The summed E-state index contributed by atoms with van der Waals surface area (Å²) in [6.07, 6.45) is 1.49. The van der Waals surface area contributed by atoms with E-state index in [1.807, 2.05) is 6.07 Å². The van der Waals surface area contributed by atoms with Crippen LogP contribution in [-0.2, 0) is 0 Å². The van der Waals surface area contributed by atoms with E-state index >= 15 is 0 Å². The fourth-order valence-corrected chi connectivity index (χ4v) is 1.70. The highest BCUT2D eigenvalue weighted by Crippen LogP contribution is 2.28. The fraction of sp³-hybridized carbons (Fsp3) is 0. The molecule has 0 amide bonds. The summed E-state index contributed by atoms with van der Waals surface area (Å²) in [5, 5.41) is 0. The summed E-state index contributed by atoms with van der Waals surface area (Å²) in [6.45, 7) is 0. The Bertz CT molecular complexity index is 498. The zero-order valence-corrected chi connectivity index (χ0v) is 9.33. The Labute approximate surface area is 99.7 Å². The second-order valence-corrected chi connectivity index (χ2v) is 4.08. The Morgan fingerprint density at radius 2 is 1.65 bits per heavy atom. The third-order valence-electron chi connectivity index (χ3n) is 2.00. The van der Waals surface area contributed by atoms with Gasteiger partial charge in [-0.05, 0) is 6.07 Å². The molecule has 0 spiro atoms. The maximum absolute atomic E-state index is 10.6. The van der Waals surface area contributed by atoms with Gasteiger partial charge in [-0.25, -0.2) is 0 Å². The van der Waals surface area contributed by atoms with Crippen LogP contribution in [0.4, 0.5) is 0 Å². The predicted molar refractivity (Wildman–Crippen MR) is 50.3 cm³/mol. The van der Waals surface area contributed by atoms with E-state index in [0.29, 0.717) is 11.3 Å².